The minimum Gasteiger partial charge on any atom is -0.479 e. The summed E-state index contributed by atoms with van der Waals surface area (Å²) in [4.78, 5) is 22.7. The van der Waals surface area contributed by atoms with Gasteiger partial charge in [-0.25, -0.2) is 4.79 Å². The molecule has 1 unspecified atom stereocenters. The van der Waals surface area contributed by atoms with Gasteiger partial charge >= 0.3 is 6.03 Å². The van der Waals surface area contributed by atoms with E-state index >= 15 is 0 Å². The molecular formula is C12H15BrN2O4. The van der Waals surface area contributed by atoms with E-state index in [4.69, 9.17) is 4.74 Å². The predicted octanol–water partition coefficient (Wildman–Crippen LogP) is 1.16. The van der Waals surface area contributed by atoms with Crippen molar-refractivity contribution in [3.05, 3.63) is 28.2 Å². The molecular weight excluding hydrogens is 316 g/mol. The Bertz CT molecular complexity index is 479. The van der Waals surface area contributed by atoms with Crippen LogP contribution < -0.4 is 15.4 Å². The van der Waals surface area contributed by atoms with E-state index in [1.54, 1.807) is 18.2 Å². The molecule has 0 aliphatic rings. The minimum atomic E-state index is -0.874. The molecule has 0 fully saturated rings. The van der Waals surface area contributed by atoms with Crippen molar-refractivity contribution in [2.24, 2.45) is 0 Å². The minimum absolute atomic E-state index is 0.210. The summed E-state index contributed by atoms with van der Waals surface area (Å²) in [5.41, 5.74) is 0.550. The summed E-state index contributed by atoms with van der Waals surface area (Å²) in [5.74, 6) is -0.191. The van der Waals surface area contributed by atoms with Crippen molar-refractivity contribution in [3.63, 3.8) is 0 Å². The van der Waals surface area contributed by atoms with E-state index in [9.17, 15) is 14.7 Å². The van der Waals surface area contributed by atoms with Crippen LogP contribution in [0.4, 0.5) is 4.79 Å². The van der Waals surface area contributed by atoms with E-state index in [-0.39, 0.29) is 6.61 Å². The van der Waals surface area contributed by atoms with Gasteiger partial charge in [-0.15, -0.1) is 0 Å². The molecule has 19 heavy (non-hydrogen) atoms. The third-order valence-corrected chi connectivity index (χ3v) is 2.97. The second-order valence-corrected chi connectivity index (χ2v) is 4.57. The predicted molar refractivity (Wildman–Crippen MR) is 72.8 cm³/mol. The van der Waals surface area contributed by atoms with Gasteiger partial charge in [0.2, 0.25) is 0 Å². The zero-order chi connectivity index (χ0) is 14.4. The van der Waals surface area contributed by atoms with E-state index in [2.05, 4.69) is 26.6 Å². The van der Waals surface area contributed by atoms with Crippen LogP contribution in [0.5, 0.6) is 5.75 Å². The van der Waals surface area contributed by atoms with E-state index in [1.807, 2.05) is 0 Å². The van der Waals surface area contributed by atoms with Crippen molar-refractivity contribution in [2.45, 2.75) is 19.6 Å². The van der Waals surface area contributed by atoms with Crippen molar-refractivity contribution in [2.75, 3.05) is 7.05 Å². The third-order valence-electron chi connectivity index (χ3n) is 2.35. The second-order valence-electron chi connectivity index (χ2n) is 3.71. The lowest BCUT2D eigenvalue weighted by Gasteiger charge is -2.17. The first kappa shape index (κ1) is 15.5. The first-order valence-corrected chi connectivity index (χ1v) is 6.36. The smallest absolute Gasteiger partial charge is 0.321 e. The lowest BCUT2D eigenvalue weighted by Crippen LogP contribution is -2.44. The number of nitrogens with one attached hydrogen (secondary N) is 2. The number of rotatable bonds is 4. The molecule has 6 nitrogen and oxygen atoms in total. The van der Waals surface area contributed by atoms with Gasteiger partial charge in [0.15, 0.2) is 6.10 Å². The summed E-state index contributed by atoms with van der Waals surface area (Å²) < 4.78 is 6.10. The SMILES string of the molecule is CNC(=O)NC(=O)C(C)Oc1c(Br)cccc1CO. The average molecular weight is 331 g/mol. The van der Waals surface area contributed by atoms with E-state index < -0.39 is 18.0 Å². The monoisotopic (exact) mass is 330 g/mol. The molecule has 3 N–H and O–H groups in total. The second kappa shape index (κ2) is 7.10. The topological polar surface area (TPSA) is 87.7 Å². The van der Waals surface area contributed by atoms with Crippen molar-refractivity contribution in [1.82, 2.24) is 10.6 Å². The van der Waals surface area contributed by atoms with Gasteiger partial charge in [0.05, 0.1) is 11.1 Å². The van der Waals surface area contributed by atoms with Gasteiger partial charge in [-0.2, -0.15) is 0 Å². The molecule has 3 amide bonds. The number of aliphatic hydroxyl groups is 1. The van der Waals surface area contributed by atoms with Crippen LogP contribution in [0, 0.1) is 0 Å². The summed E-state index contributed by atoms with van der Waals surface area (Å²) in [6, 6.07) is 4.56. The maximum absolute atomic E-state index is 11.7. The Morgan fingerprint density at radius 2 is 2.16 bits per heavy atom. The summed E-state index contributed by atoms with van der Waals surface area (Å²) >= 11 is 3.28. The standard InChI is InChI=1S/C12H15BrN2O4/c1-7(11(17)15-12(18)14-2)19-10-8(6-16)4-3-5-9(10)13/h3-5,7,16H,6H2,1-2H3,(H2,14,15,17,18). The molecule has 7 heteroatoms. The van der Waals surface area contributed by atoms with Crippen LogP contribution in [0.1, 0.15) is 12.5 Å². The molecule has 0 heterocycles. The van der Waals surface area contributed by atoms with Gasteiger partial charge in [-0.1, -0.05) is 12.1 Å². The number of benzene rings is 1. The number of hydrogen-bond acceptors (Lipinski definition) is 4. The largest absolute Gasteiger partial charge is 0.479 e. The number of hydrogen-bond donors (Lipinski definition) is 3. The number of carbonyl (C=O) groups is 2. The fourth-order valence-corrected chi connectivity index (χ4v) is 1.82. The molecule has 104 valence electrons. The zero-order valence-corrected chi connectivity index (χ0v) is 12.2. The van der Waals surface area contributed by atoms with E-state index in [0.29, 0.717) is 15.8 Å². The maximum atomic E-state index is 11.7. The van der Waals surface area contributed by atoms with E-state index in [1.165, 1.54) is 14.0 Å². The first-order valence-electron chi connectivity index (χ1n) is 5.57. The number of ether oxygens (including phenoxy) is 1. The number of para-hydroxylation sites is 1. The molecule has 1 aromatic rings. The molecule has 0 aromatic heterocycles. The lowest BCUT2D eigenvalue weighted by atomic mass is 10.2. The Morgan fingerprint density at radius 1 is 1.47 bits per heavy atom. The molecule has 1 aromatic carbocycles. The number of imide groups is 1. The molecule has 0 spiro atoms. The van der Waals surface area contributed by atoms with Gasteiger partial charge in [0, 0.05) is 12.6 Å². The lowest BCUT2D eigenvalue weighted by molar-refractivity contribution is -0.126. The van der Waals surface area contributed by atoms with Crippen LogP contribution in [0.15, 0.2) is 22.7 Å². The van der Waals surface area contributed by atoms with Gasteiger partial charge in [0.25, 0.3) is 5.91 Å². The number of amides is 3. The molecule has 0 aliphatic heterocycles. The summed E-state index contributed by atoms with van der Waals surface area (Å²) in [6.07, 6.45) is -0.874. The third kappa shape index (κ3) is 4.22. The van der Waals surface area contributed by atoms with Gasteiger partial charge in [-0.05, 0) is 28.9 Å². The highest BCUT2D eigenvalue weighted by atomic mass is 79.9. The fourth-order valence-electron chi connectivity index (χ4n) is 1.32. The van der Waals surface area contributed by atoms with Crippen molar-refractivity contribution in [1.29, 1.82) is 0 Å². The normalized spacial score (nSPS) is 11.6. The van der Waals surface area contributed by atoms with Crippen LogP contribution in [-0.4, -0.2) is 30.2 Å². The van der Waals surface area contributed by atoms with Crippen molar-refractivity contribution < 1.29 is 19.4 Å². The van der Waals surface area contributed by atoms with Gasteiger partial charge < -0.3 is 15.2 Å². The van der Waals surface area contributed by atoms with Crippen molar-refractivity contribution >= 4 is 27.9 Å². The zero-order valence-electron chi connectivity index (χ0n) is 10.6. The Kier molecular flexibility index (Phi) is 5.78. The van der Waals surface area contributed by atoms with Crippen LogP contribution >= 0.6 is 15.9 Å². The van der Waals surface area contributed by atoms with Crippen LogP contribution in [0.25, 0.3) is 0 Å². The Labute approximate surface area is 119 Å². The summed E-state index contributed by atoms with van der Waals surface area (Å²) in [6.45, 7) is 1.30. The summed E-state index contributed by atoms with van der Waals surface area (Å²) in [5, 5.41) is 13.6. The Balaban J connectivity index is 2.79. The maximum Gasteiger partial charge on any atom is 0.321 e. The molecule has 1 atom stereocenters. The average Bonchev–Trinajstić information content (AvgIpc) is 2.40. The fraction of sp³-hybridized carbons (Fsp3) is 0.333. The molecule has 0 saturated carbocycles. The molecule has 0 radical (unpaired) electrons. The molecule has 1 rings (SSSR count). The first-order chi connectivity index (χ1) is 8.99. The number of halogens is 1. The van der Waals surface area contributed by atoms with Crippen molar-refractivity contribution in [3.8, 4) is 5.75 Å². The molecule has 0 aliphatic carbocycles. The number of urea groups is 1. The quantitative estimate of drug-likeness (QED) is 0.773. The molecule has 0 saturated heterocycles. The Hall–Kier alpha value is -1.60. The van der Waals surface area contributed by atoms with Gasteiger partial charge in [0.1, 0.15) is 5.75 Å². The highest BCUT2D eigenvalue weighted by Gasteiger charge is 2.19. The van der Waals surface area contributed by atoms with E-state index in [0.717, 1.165) is 0 Å². The molecule has 0 bridgehead atoms. The number of aliphatic hydroxyl groups excluding tert-OH is 1. The van der Waals surface area contributed by atoms with Crippen LogP contribution in [-0.2, 0) is 11.4 Å². The number of carbonyl (C=O) groups excluding carboxylic acids is 2. The van der Waals surface area contributed by atoms with Crippen LogP contribution in [0.3, 0.4) is 0 Å². The Morgan fingerprint density at radius 3 is 2.74 bits per heavy atom. The van der Waals surface area contributed by atoms with Crippen LogP contribution in [0.2, 0.25) is 0 Å². The summed E-state index contributed by atoms with van der Waals surface area (Å²) in [7, 11) is 1.41. The highest BCUT2D eigenvalue weighted by molar-refractivity contribution is 9.10. The highest BCUT2D eigenvalue weighted by Crippen LogP contribution is 2.29. The van der Waals surface area contributed by atoms with Gasteiger partial charge in [-0.3, -0.25) is 10.1 Å².